The Morgan fingerprint density at radius 3 is 2.80 bits per heavy atom. The van der Waals surface area contributed by atoms with Gasteiger partial charge in [-0.25, -0.2) is 4.79 Å². The lowest BCUT2D eigenvalue weighted by molar-refractivity contribution is -0.113. The van der Waals surface area contributed by atoms with E-state index in [2.05, 4.69) is 20.8 Å². The van der Waals surface area contributed by atoms with Gasteiger partial charge in [0.1, 0.15) is 5.00 Å². The predicted octanol–water partition coefficient (Wildman–Crippen LogP) is 3.77. The first-order chi connectivity index (χ1) is 14.6. The zero-order valence-corrected chi connectivity index (χ0v) is 18.4. The standard InChI is InChI=1S/C19H18ClN5O3S2/c1-28-18(27)16-13-4-2-3-5-14(13)30-17(16)21-15(26)10-29-19-22-23-24-25(19)12-8-6-11(20)7-9-12/h6-9H,2-5,10H2,1H3,(H,21,26). The van der Waals surface area contributed by atoms with Gasteiger partial charge >= 0.3 is 5.97 Å². The molecule has 0 radical (unpaired) electrons. The number of thioether (sulfide) groups is 1. The number of fused-ring (bicyclic) bond motifs is 1. The third-order valence-electron chi connectivity index (χ3n) is 4.66. The summed E-state index contributed by atoms with van der Waals surface area (Å²) in [7, 11) is 1.35. The van der Waals surface area contributed by atoms with Gasteiger partial charge in [0.05, 0.1) is 24.1 Å². The molecule has 4 rings (SSSR count). The van der Waals surface area contributed by atoms with Crippen molar-refractivity contribution < 1.29 is 14.3 Å². The first-order valence-corrected chi connectivity index (χ1v) is 11.4. The summed E-state index contributed by atoms with van der Waals surface area (Å²) in [6.07, 6.45) is 3.87. The molecule has 1 N–H and O–H groups in total. The van der Waals surface area contributed by atoms with Crippen LogP contribution in [-0.4, -0.2) is 44.9 Å². The molecule has 1 aliphatic rings. The highest BCUT2D eigenvalue weighted by atomic mass is 35.5. The minimum Gasteiger partial charge on any atom is -0.465 e. The normalized spacial score (nSPS) is 13.0. The predicted molar refractivity (Wildman–Crippen MR) is 116 cm³/mol. The molecular formula is C19H18ClN5O3S2. The van der Waals surface area contributed by atoms with Crippen LogP contribution in [0, 0.1) is 0 Å². The van der Waals surface area contributed by atoms with E-state index in [4.69, 9.17) is 16.3 Å². The van der Waals surface area contributed by atoms with E-state index >= 15 is 0 Å². The van der Waals surface area contributed by atoms with Crippen LogP contribution in [0.2, 0.25) is 5.02 Å². The Bertz CT molecular complexity index is 1080. The minimum absolute atomic E-state index is 0.0944. The van der Waals surface area contributed by atoms with Crippen molar-refractivity contribution in [1.82, 2.24) is 20.2 Å². The molecule has 11 heteroatoms. The Morgan fingerprint density at radius 2 is 2.03 bits per heavy atom. The van der Waals surface area contributed by atoms with Crippen molar-refractivity contribution in [1.29, 1.82) is 0 Å². The minimum atomic E-state index is -0.413. The molecule has 0 spiro atoms. The number of anilines is 1. The Hall–Kier alpha value is -2.43. The number of hydrogen-bond donors (Lipinski definition) is 1. The van der Waals surface area contributed by atoms with E-state index < -0.39 is 5.97 Å². The number of hydrogen-bond acceptors (Lipinski definition) is 8. The number of aryl methyl sites for hydroxylation is 1. The molecule has 30 heavy (non-hydrogen) atoms. The van der Waals surface area contributed by atoms with Crippen LogP contribution in [0.5, 0.6) is 0 Å². The summed E-state index contributed by atoms with van der Waals surface area (Å²) in [4.78, 5) is 26.1. The Labute approximate surface area is 185 Å². The van der Waals surface area contributed by atoms with E-state index in [9.17, 15) is 9.59 Å². The number of amides is 1. The number of tetrazole rings is 1. The molecule has 1 aromatic carbocycles. The van der Waals surface area contributed by atoms with Crippen molar-refractivity contribution >= 4 is 51.6 Å². The number of halogens is 1. The van der Waals surface area contributed by atoms with E-state index in [-0.39, 0.29) is 11.7 Å². The molecular weight excluding hydrogens is 446 g/mol. The lowest BCUT2D eigenvalue weighted by Gasteiger charge is -2.11. The number of esters is 1. The second-order valence-electron chi connectivity index (χ2n) is 6.59. The van der Waals surface area contributed by atoms with E-state index in [0.29, 0.717) is 20.7 Å². The highest BCUT2D eigenvalue weighted by Crippen LogP contribution is 2.38. The number of nitrogens with zero attached hydrogens (tertiary/aromatic N) is 4. The van der Waals surface area contributed by atoms with Crippen LogP contribution in [0.3, 0.4) is 0 Å². The second kappa shape index (κ2) is 9.15. The number of nitrogens with one attached hydrogen (secondary N) is 1. The van der Waals surface area contributed by atoms with Gasteiger partial charge in [0, 0.05) is 9.90 Å². The quantitative estimate of drug-likeness (QED) is 0.438. The maximum atomic E-state index is 12.6. The number of carbonyl (C=O) groups excluding carboxylic acids is 2. The van der Waals surface area contributed by atoms with Crippen molar-refractivity contribution in [3.05, 3.63) is 45.3 Å². The average molecular weight is 464 g/mol. The largest absolute Gasteiger partial charge is 0.465 e. The molecule has 0 fully saturated rings. The topological polar surface area (TPSA) is 99.0 Å². The maximum Gasteiger partial charge on any atom is 0.341 e. The number of rotatable bonds is 6. The fourth-order valence-corrected chi connectivity index (χ4v) is 5.39. The summed E-state index contributed by atoms with van der Waals surface area (Å²) in [6.45, 7) is 0. The molecule has 2 aromatic heterocycles. The van der Waals surface area contributed by atoms with Gasteiger partial charge in [-0.05, 0) is 65.9 Å². The number of methoxy groups -OCH3 is 1. The highest BCUT2D eigenvalue weighted by Gasteiger charge is 2.27. The van der Waals surface area contributed by atoms with Crippen LogP contribution in [0.1, 0.15) is 33.6 Å². The van der Waals surface area contributed by atoms with Crippen LogP contribution >= 0.6 is 34.7 Å². The van der Waals surface area contributed by atoms with Crippen molar-refractivity contribution in [2.24, 2.45) is 0 Å². The fraction of sp³-hybridized carbons (Fsp3) is 0.316. The summed E-state index contributed by atoms with van der Waals surface area (Å²) >= 11 is 8.59. The van der Waals surface area contributed by atoms with Crippen LogP contribution in [0.25, 0.3) is 5.69 Å². The van der Waals surface area contributed by atoms with Gasteiger partial charge in [-0.15, -0.1) is 16.4 Å². The molecule has 0 aliphatic heterocycles. The average Bonchev–Trinajstić information content (AvgIpc) is 3.36. The molecule has 0 unspecified atom stereocenters. The monoisotopic (exact) mass is 463 g/mol. The van der Waals surface area contributed by atoms with Gasteiger partial charge in [-0.3, -0.25) is 4.79 Å². The molecule has 2 heterocycles. The summed E-state index contributed by atoms with van der Waals surface area (Å²) in [5.74, 6) is -0.560. The number of benzene rings is 1. The number of ether oxygens (including phenoxy) is 1. The van der Waals surface area contributed by atoms with Crippen LogP contribution in [0.4, 0.5) is 5.00 Å². The van der Waals surface area contributed by atoms with Gasteiger partial charge in [0.2, 0.25) is 11.1 Å². The Kier molecular flexibility index (Phi) is 6.35. The van der Waals surface area contributed by atoms with Crippen molar-refractivity contribution in [3.63, 3.8) is 0 Å². The first-order valence-electron chi connectivity index (χ1n) is 9.26. The van der Waals surface area contributed by atoms with Crippen LogP contribution < -0.4 is 5.32 Å². The number of aromatic nitrogens is 4. The molecule has 156 valence electrons. The summed E-state index contributed by atoms with van der Waals surface area (Å²) in [6, 6.07) is 7.07. The van der Waals surface area contributed by atoms with E-state index in [1.807, 2.05) is 0 Å². The zero-order valence-electron chi connectivity index (χ0n) is 16.1. The zero-order chi connectivity index (χ0) is 21.1. The summed E-state index contributed by atoms with van der Waals surface area (Å²) in [5, 5.41) is 16.2. The van der Waals surface area contributed by atoms with Crippen molar-refractivity contribution in [3.8, 4) is 5.69 Å². The summed E-state index contributed by atoms with van der Waals surface area (Å²) < 4.78 is 6.49. The fourth-order valence-electron chi connectivity index (χ4n) is 3.28. The third-order valence-corrected chi connectivity index (χ3v) is 7.04. The van der Waals surface area contributed by atoms with Gasteiger partial charge in [-0.1, -0.05) is 23.4 Å². The maximum absolute atomic E-state index is 12.6. The number of thiophene rings is 1. The molecule has 0 atom stereocenters. The molecule has 8 nitrogen and oxygen atoms in total. The lowest BCUT2D eigenvalue weighted by atomic mass is 9.95. The Morgan fingerprint density at radius 1 is 1.27 bits per heavy atom. The van der Waals surface area contributed by atoms with E-state index in [0.717, 1.165) is 41.8 Å². The second-order valence-corrected chi connectivity index (χ2v) is 9.08. The van der Waals surface area contributed by atoms with Gasteiger partial charge in [-0.2, -0.15) is 4.68 Å². The molecule has 1 amide bonds. The van der Waals surface area contributed by atoms with Crippen LogP contribution in [0.15, 0.2) is 29.4 Å². The molecule has 3 aromatic rings. The van der Waals surface area contributed by atoms with E-state index in [1.165, 1.54) is 34.9 Å². The SMILES string of the molecule is COC(=O)c1c(NC(=O)CSc2nnnn2-c2ccc(Cl)cc2)sc2c1CCCC2. The first kappa shape index (κ1) is 20.8. The van der Waals surface area contributed by atoms with Crippen molar-refractivity contribution in [2.45, 2.75) is 30.8 Å². The molecule has 0 bridgehead atoms. The van der Waals surface area contributed by atoms with E-state index in [1.54, 1.807) is 24.3 Å². The lowest BCUT2D eigenvalue weighted by Crippen LogP contribution is -2.17. The molecule has 0 saturated carbocycles. The van der Waals surface area contributed by atoms with Gasteiger partial charge < -0.3 is 10.1 Å². The molecule has 0 saturated heterocycles. The van der Waals surface area contributed by atoms with Crippen molar-refractivity contribution in [2.75, 3.05) is 18.2 Å². The smallest absolute Gasteiger partial charge is 0.341 e. The highest BCUT2D eigenvalue weighted by molar-refractivity contribution is 7.99. The van der Waals surface area contributed by atoms with Gasteiger partial charge in [0.15, 0.2) is 0 Å². The number of carbonyl (C=O) groups is 2. The van der Waals surface area contributed by atoms with Gasteiger partial charge in [0.25, 0.3) is 0 Å². The third kappa shape index (κ3) is 4.35. The Balaban J connectivity index is 1.47. The summed E-state index contributed by atoms with van der Waals surface area (Å²) in [5.41, 5.74) is 2.24. The molecule has 1 aliphatic carbocycles. The van der Waals surface area contributed by atoms with Crippen LogP contribution in [-0.2, 0) is 22.4 Å².